The summed E-state index contributed by atoms with van der Waals surface area (Å²) in [6, 6.07) is 0.203. The topological polar surface area (TPSA) is 99.0 Å². The SMILES string of the molecule is CCn1c(C)nc([N+](=O)[O-])c1NC1CCCCC1CN. The number of nitro groups is 1. The fraction of sp³-hybridized carbons (Fsp3) is 0.769. The van der Waals surface area contributed by atoms with Crippen molar-refractivity contribution >= 4 is 11.6 Å². The van der Waals surface area contributed by atoms with Crippen LogP contribution in [0.2, 0.25) is 0 Å². The van der Waals surface area contributed by atoms with E-state index in [0.717, 1.165) is 19.3 Å². The number of rotatable bonds is 5. The van der Waals surface area contributed by atoms with Gasteiger partial charge in [0.05, 0.1) is 0 Å². The van der Waals surface area contributed by atoms with E-state index in [4.69, 9.17) is 5.73 Å². The van der Waals surface area contributed by atoms with Crippen LogP contribution in [0.15, 0.2) is 0 Å². The Morgan fingerprint density at radius 1 is 1.50 bits per heavy atom. The van der Waals surface area contributed by atoms with Crippen LogP contribution in [0.1, 0.15) is 38.4 Å². The highest BCUT2D eigenvalue weighted by atomic mass is 16.6. The van der Waals surface area contributed by atoms with Crippen LogP contribution in [0.4, 0.5) is 11.6 Å². The summed E-state index contributed by atoms with van der Waals surface area (Å²) in [5, 5.41) is 14.5. The van der Waals surface area contributed by atoms with Gasteiger partial charge in [0.1, 0.15) is 0 Å². The van der Waals surface area contributed by atoms with Gasteiger partial charge >= 0.3 is 5.82 Å². The highest BCUT2D eigenvalue weighted by Gasteiger charge is 2.30. The third kappa shape index (κ3) is 2.77. The van der Waals surface area contributed by atoms with Gasteiger partial charge in [-0.25, -0.2) is 0 Å². The van der Waals surface area contributed by atoms with Gasteiger partial charge in [-0.15, -0.1) is 0 Å². The number of nitrogens with zero attached hydrogens (tertiary/aromatic N) is 3. The summed E-state index contributed by atoms with van der Waals surface area (Å²) in [6.45, 7) is 5.04. The van der Waals surface area contributed by atoms with E-state index < -0.39 is 4.92 Å². The molecule has 0 spiro atoms. The highest BCUT2D eigenvalue weighted by molar-refractivity contribution is 5.54. The molecular weight excluding hydrogens is 258 g/mol. The van der Waals surface area contributed by atoms with E-state index >= 15 is 0 Å². The first-order valence-electron chi connectivity index (χ1n) is 7.26. The first kappa shape index (κ1) is 14.8. The quantitative estimate of drug-likeness (QED) is 0.635. The molecule has 1 aromatic heterocycles. The monoisotopic (exact) mass is 281 g/mol. The molecule has 0 aromatic carbocycles. The highest BCUT2D eigenvalue weighted by Crippen LogP contribution is 2.31. The lowest BCUT2D eigenvalue weighted by atomic mass is 9.84. The molecule has 2 atom stereocenters. The molecule has 1 aromatic rings. The standard InChI is InChI=1S/C13H23N5O2/c1-3-17-9(2)15-13(18(19)20)12(17)16-11-7-5-4-6-10(11)8-14/h10-11,16H,3-8,14H2,1-2H3. The molecule has 2 unspecified atom stereocenters. The fourth-order valence-corrected chi connectivity index (χ4v) is 3.06. The van der Waals surface area contributed by atoms with Gasteiger partial charge in [0.2, 0.25) is 11.6 Å². The van der Waals surface area contributed by atoms with Crippen molar-refractivity contribution in [2.75, 3.05) is 11.9 Å². The van der Waals surface area contributed by atoms with Crippen molar-refractivity contribution in [1.82, 2.24) is 9.55 Å². The van der Waals surface area contributed by atoms with Crippen LogP contribution in [-0.4, -0.2) is 27.1 Å². The summed E-state index contributed by atoms with van der Waals surface area (Å²) < 4.78 is 1.86. The van der Waals surface area contributed by atoms with Crippen LogP contribution in [0.5, 0.6) is 0 Å². The average molecular weight is 281 g/mol. The average Bonchev–Trinajstić information content (AvgIpc) is 2.75. The van der Waals surface area contributed by atoms with Gasteiger partial charge in [-0.1, -0.05) is 12.8 Å². The Labute approximate surface area is 118 Å². The van der Waals surface area contributed by atoms with E-state index in [9.17, 15) is 10.1 Å². The summed E-state index contributed by atoms with van der Waals surface area (Å²) in [7, 11) is 0. The minimum atomic E-state index is -0.415. The van der Waals surface area contributed by atoms with Crippen molar-refractivity contribution in [1.29, 1.82) is 0 Å². The zero-order valence-corrected chi connectivity index (χ0v) is 12.1. The van der Waals surface area contributed by atoms with Crippen molar-refractivity contribution < 1.29 is 4.92 Å². The molecule has 0 saturated heterocycles. The molecule has 1 heterocycles. The van der Waals surface area contributed by atoms with Crippen molar-refractivity contribution in [3.05, 3.63) is 15.9 Å². The van der Waals surface area contributed by atoms with Gasteiger partial charge in [-0.05, 0) is 42.1 Å². The molecule has 0 aliphatic heterocycles. The molecule has 1 aliphatic carbocycles. The Kier molecular flexibility index (Phi) is 4.59. The van der Waals surface area contributed by atoms with Crippen molar-refractivity contribution in [3.8, 4) is 0 Å². The van der Waals surface area contributed by atoms with Crippen LogP contribution in [-0.2, 0) is 6.54 Å². The summed E-state index contributed by atoms with van der Waals surface area (Å²) in [4.78, 5) is 14.8. The Morgan fingerprint density at radius 2 is 2.20 bits per heavy atom. The maximum absolute atomic E-state index is 11.2. The van der Waals surface area contributed by atoms with Crippen molar-refractivity contribution in [2.45, 2.75) is 52.1 Å². The number of hydrogen-bond donors (Lipinski definition) is 2. The van der Waals surface area contributed by atoms with Crippen LogP contribution in [0, 0.1) is 23.0 Å². The molecule has 20 heavy (non-hydrogen) atoms. The van der Waals surface area contributed by atoms with Crippen molar-refractivity contribution in [3.63, 3.8) is 0 Å². The zero-order valence-electron chi connectivity index (χ0n) is 12.1. The summed E-state index contributed by atoms with van der Waals surface area (Å²) in [6.07, 6.45) is 4.42. The van der Waals surface area contributed by atoms with Crippen molar-refractivity contribution in [2.24, 2.45) is 11.7 Å². The van der Waals surface area contributed by atoms with Gasteiger partial charge in [-0.3, -0.25) is 4.57 Å². The van der Waals surface area contributed by atoms with Gasteiger partial charge < -0.3 is 21.2 Å². The Bertz CT molecular complexity index is 485. The largest absolute Gasteiger partial charge is 0.406 e. The molecule has 1 aliphatic rings. The molecule has 112 valence electrons. The number of imidazole rings is 1. The van der Waals surface area contributed by atoms with Gasteiger partial charge in [-0.2, -0.15) is 0 Å². The number of aryl methyl sites for hydroxylation is 1. The number of hydrogen-bond acceptors (Lipinski definition) is 5. The molecular formula is C13H23N5O2. The maximum atomic E-state index is 11.2. The van der Waals surface area contributed by atoms with Crippen LogP contribution >= 0.6 is 0 Å². The minimum Gasteiger partial charge on any atom is -0.361 e. The molecule has 0 radical (unpaired) electrons. The van der Waals surface area contributed by atoms with E-state index in [2.05, 4.69) is 10.3 Å². The predicted molar refractivity (Wildman–Crippen MR) is 77.7 cm³/mol. The first-order chi connectivity index (χ1) is 9.58. The smallest absolute Gasteiger partial charge is 0.361 e. The normalized spacial score (nSPS) is 22.8. The van der Waals surface area contributed by atoms with Gasteiger partial charge in [0, 0.05) is 19.5 Å². The number of nitrogens with one attached hydrogen (secondary N) is 1. The molecule has 7 nitrogen and oxygen atoms in total. The van der Waals surface area contributed by atoms with Crippen LogP contribution in [0.3, 0.4) is 0 Å². The zero-order chi connectivity index (χ0) is 14.7. The lowest BCUT2D eigenvalue weighted by Gasteiger charge is -2.31. The maximum Gasteiger partial charge on any atom is 0.406 e. The fourth-order valence-electron chi connectivity index (χ4n) is 3.06. The number of anilines is 1. The third-order valence-electron chi connectivity index (χ3n) is 4.16. The van der Waals surface area contributed by atoms with E-state index in [1.54, 1.807) is 6.92 Å². The second kappa shape index (κ2) is 6.21. The lowest BCUT2D eigenvalue weighted by Crippen LogP contribution is -2.37. The van der Waals surface area contributed by atoms with Gasteiger partial charge in [0.25, 0.3) is 0 Å². The van der Waals surface area contributed by atoms with E-state index in [1.165, 1.54) is 6.42 Å². The number of nitrogens with two attached hydrogens (primary N) is 1. The molecule has 1 fully saturated rings. The Balaban J connectivity index is 2.29. The van der Waals surface area contributed by atoms with Gasteiger partial charge in [0.15, 0.2) is 0 Å². The molecule has 1 saturated carbocycles. The minimum absolute atomic E-state index is 0.0781. The Hall–Kier alpha value is -1.63. The second-order valence-electron chi connectivity index (χ2n) is 5.36. The summed E-state index contributed by atoms with van der Waals surface area (Å²) in [5.41, 5.74) is 5.82. The predicted octanol–water partition coefficient (Wildman–Crippen LogP) is 2.05. The lowest BCUT2D eigenvalue weighted by molar-refractivity contribution is -0.388. The van der Waals surface area contributed by atoms with E-state index in [-0.39, 0.29) is 11.9 Å². The molecule has 0 amide bonds. The number of aromatic nitrogens is 2. The van der Waals surface area contributed by atoms with Crippen LogP contribution < -0.4 is 11.1 Å². The second-order valence-corrected chi connectivity index (χ2v) is 5.36. The summed E-state index contributed by atoms with van der Waals surface area (Å²) >= 11 is 0. The molecule has 3 N–H and O–H groups in total. The first-order valence-corrected chi connectivity index (χ1v) is 7.26. The molecule has 7 heteroatoms. The van der Waals surface area contributed by atoms with E-state index in [1.807, 2.05) is 11.5 Å². The molecule has 2 rings (SSSR count). The van der Waals surface area contributed by atoms with Crippen LogP contribution in [0.25, 0.3) is 0 Å². The third-order valence-corrected chi connectivity index (χ3v) is 4.16. The Morgan fingerprint density at radius 3 is 2.80 bits per heavy atom. The molecule has 0 bridgehead atoms. The summed E-state index contributed by atoms with van der Waals surface area (Å²) in [5.74, 6) is 1.50. The van der Waals surface area contributed by atoms with E-state index in [0.29, 0.717) is 30.6 Å².